The predicted octanol–water partition coefficient (Wildman–Crippen LogP) is 2.40. The van der Waals surface area contributed by atoms with Gasteiger partial charge in [-0.1, -0.05) is 18.2 Å². The van der Waals surface area contributed by atoms with E-state index in [1.54, 1.807) is 22.9 Å². The van der Waals surface area contributed by atoms with Crippen molar-refractivity contribution in [1.82, 2.24) is 0 Å². The van der Waals surface area contributed by atoms with Gasteiger partial charge in [0.15, 0.2) is 0 Å². The van der Waals surface area contributed by atoms with Crippen LogP contribution in [0.2, 0.25) is 0 Å². The zero-order valence-electron chi connectivity index (χ0n) is 8.33. The molecule has 0 saturated carbocycles. The zero-order valence-corrected chi connectivity index (χ0v) is 9.15. The SMILES string of the molecule is OCCSCc1ccc2c(c1)CCC2. The van der Waals surface area contributed by atoms with Crippen LogP contribution in [0.4, 0.5) is 0 Å². The van der Waals surface area contributed by atoms with Crippen LogP contribution in [-0.4, -0.2) is 17.5 Å². The Morgan fingerprint density at radius 2 is 2.07 bits per heavy atom. The Labute approximate surface area is 89.5 Å². The number of rotatable bonds is 4. The number of aliphatic hydroxyl groups is 1. The smallest absolute Gasteiger partial charge is 0.0521 e. The summed E-state index contributed by atoms with van der Waals surface area (Å²) in [6.07, 6.45) is 3.84. The third-order valence-electron chi connectivity index (χ3n) is 2.67. The van der Waals surface area contributed by atoms with Crippen molar-refractivity contribution in [3.8, 4) is 0 Å². The fourth-order valence-electron chi connectivity index (χ4n) is 1.97. The van der Waals surface area contributed by atoms with Crippen LogP contribution in [0, 0.1) is 0 Å². The van der Waals surface area contributed by atoms with Crippen LogP contribution < -0.4 is 0 Å². The van der Waals surface area contributed by atoms with Gasteiger partial charge in [-0.05, 0) is 36.0 Å². The van der Waals surface area contributed by atoms with E-state index < -0.39 is 0 Å². The van der Waals surface area contributed by atoms with Crippen molar-refractivity contribution in [2.75, 3.05) is 12.4 Å². The van der Waals surface area contributed by atoms with Gasteiger partial charge in [0.05, 0.1) is 6.61 Å². The van der Waals surface area contributed by atoms with E-state index in [9.17, 15) is 0 Å². The van der Waals surface area contributed by atoms with Crippen LogP contribution in [0.1, 0.15) is 23.1 Å². The van der Waals surface area contributed by atoms with Crippen LogP contribution in [0.3, 0.4) is 0 Å². The lowest BCUT2D eigenvalue weighted by Gasteiger charge is -2.04. The minimum atomic E-state index is 0.287. The Morgan fingerprint density at radius 3 is 2.93 bits per heavy atom. The molecule has 2 heteroatoms. The van der Waals surface area contributed by atoms with Crippen molar-refractivity contribution in [3.05, 3.63) is 34.9 Å². The van der Waals surface area contributed by atoms with Gasteiger partial charge in [-0.25, -0.2) is 0 Å². The van der Waals surface area contributed by atoms with Gasteiger partial charge in [0.2, 0.25) is 0 Å². The Bertz CT molecular complexity index is 309. The highest BCUT2D eigenvalue weighted by molar-refractivity contribution is 7.98. The number of hydrogen-bond acceptors (Lipinski definition) is 2. The molecule has 0 spiro atoms. The van der Waals surface area contributed by atoms with Crippen molar-refractivity contribution in [2.45, 2.75) is 25.0 Å². The fraction of sp³-hybridized carbons (Fsp3) is 0.500. The zero-order chi connectivity index (χ0) is 9.80. The van der Waals surface area contributed by atoms with Gasteiger partial charge < -0.3 is 5.11 Å². The van der Waals surface area contributed by atoms with Gasteiger partial charge in [-0.2, -0.15) is 11.8 Å². The molecule has 14 heavy (non-hydrogen) atoms. The van der Waals surface area contributed by atoms with Crippen molar-refractivity contribution >= 4 is 11.8 Å². The van der Waals surface area contributed by atoms with Gasteiger partial charge in [-0.15, -0.1) is 0 Å². The molecule has 0 atom stereocenters. The molecule has 0 unspecified atom stereocenters. The Kier molecular flexibility index (Phi) is 3.49. The molecular formula is C12H16OS. The van der Waals surface area contributed by atoms with Crippen molar-refractivity contribution < 1.29 is 5.11 Å². The highest BCUT2D eigenvalue weighted by Crippen LogP contribution is 2.24. The summed E-state index contributed by atoms with van der Waals surface area (Å²) in [6, 6.07) is 6.85. The topological polar surface area (TPSA) is 20.2 Å². The lowest BCUT2D eigenvalue weighted by Crippen LogP contribution is -1.90. The van der Waals surface area contributed by atoms with Crippen LogP contribution >= 0.6 is 11.8 Å². The highest BCUT2D eigenvalue weighted by atomic mass is 32.2. The summed E-state index contributed by atoms with van der Waals surface area (Å²) in [5.74, 6) is 1.88. The average Bonchev–Trinajstić information content (AvgIpc) is 2.65. The highest BCUT2D eigenvalue weighted by Gasteiger charge is 2.10. The molecule has 76 valence electrons. The summed E-state index contributed by atoms with van der Waals surface area (Å²) in [6.45, 7) is 0.287. The van der Waals surface area contributed by atoms with Gasteiger partial charge in [-0.3, -0.25) is 0 Å². The molecule has 0 saturated heterocycles. The molecule has 1 aromatic rings. The summed E-state index contributed by atoms with van der Waals surface area (Å²) in [5.41, 5.74) is 4.50. The number of aryl methyl sites for hydroxylation is 2. The molecule has 1 aliphatic carbocycles. The first-order chi connectivity index (χ1) is 6.90. The molecule has 0 aliphatic heterocycles. The molecule has 2 rings (SSSR count). The number of hydrogen-bond donors (Lipinski definition) is 1. The number of benzene rings is 1. The molecule has 1 aromatic carbocycles. The molecule has 0 fully saturated rings. The van der Waals surface area contributed by atoms with Crippen LogP contribution in [-0.2, 0) is 18.6 Å². The molecule has 0 bridgehead atoms. The maximum atomic E-state index is 8.68. The lowest BCUT2D eigenvalue weighted by molar-refractivity contribution is 0.322. The second-order valence-corrected chi connectivity index (χ2v) is 4.84. The second-order valence-electron chi connectivity index (χ2n) is 3.73. The van der Waals surface area contributed by atoms with Gasteiger partial charge in [0.1, 0.15) is 0 Å². The number of aliphatic hydroxyl groups excluding tert-OH is 1. The number of thioether (sulfide) groups is 1. The van der Waals surface area contributed by atoms with E-state index in [-0.39, 0.29) is 6.61 Å². The molecule has 0 radical (unpaired) electrons. The molecule has 1 N–H and O–H groups in total. The molecule has 0 aromatic heterocycles. The summed E-state index contributed by atoms with van der Waals surface area (Å²) in [5, 5.41) is 8.68. The van der Waals surface area contributed by atoms with Gasteiger partial charge in [0.25, 0.3) is 0 Å². The van der Waals surface area contributed by atoms with Crippen molar-refractivity contribution in [1.29, 1.82) is 0 Å². The minimum Gasteiger partial charge on any atom is -0.396 e. The summed E-state index contributed by atoms with van der Waals surface area (Å²) in [7, 11) is 0. The number of fused-ring (bicyclic) bond motifs is 1. The van der Waals surface area contributed by atoms with E-state index in [4.69, 9.17) is 5.11 Å². The first-order valence-corrected chi connectivity index (χ1v) is 6.35. The Morgan fingerprint density at radius 1 is 1.21 bits per heavy atom. The largest absolute Gasteiger partial charge is 0.396 e. The van der Waals surface area contributed by atoms with E-state index in [0.717, 1.165) is 11.5 Å². The first kappa shape index (κ1) is 10.1. The Balaban J connectivity index is 1.98. The van der Waals surface area contributed by atoms with Crippen LogP contribution in [0.25, 0.3) is 0 Å². The minimum absolute atomic E-state index is 0.287. The van der Waals surface area contributed by atoms with E-state index >= 15 is 0 Å². The van der Waals surface area contributed by atoms with Crippen molar-refractivity contribution in [3.63, 3.8) is 0 Å². The van der Waals surface area contributed by atoms with E-state index in [1.165, 1.54) is 24.8 Å². The molecule has 0 heterocycles. The molecule has 0 amide bonds. The van der Waals surface area contributed by atoms with Gasteiger partial charge in [0, 0.05) is 11.5 Å². The first-order valence-electron chi connectivity index (χ1n) is 5.19. The predicted molar refractivity (Wildman–Crippen MR) is 61.7 cm³/mol. The van der Waals surface area contributed by atoms with Crippen LogP contribution in [0.15, 0.2) is 18.2 Å². The Hall–Kier alpha value is -0.470. The maximum Gasteiger partial charge on any atom is 0.0521 e. The van der Waals surface area contributed by atoms with Gasteiger partial charge >= 0.3 is 0 Å². The fourth-order valence-corrected chi connectivity index (χ4v) is 2.66. The van der Waals surface area contributed by atoms with Crippen LogP contribution in [0.5, 0.6) is 0 Å². The maximum absolute atomic E-state index is 8.68. The summed E-state index contributed by atoms with van der Waals surface area (Å²) < 4.78 is 0. The molecule has 1 nitrogen and oxygen atoms in total. The van der Waals surface area contributed by atoms with E-state index in [1.807, 2.05) is 0 Å². The standard InChI is InChI=1S/C12H16OS/c13-6-7-14-9-10-4-5-11-2-1-3-12(11)8-10/h4-5,8,13H,1-3,6-7,9H2. The van der Waals surface area contributed by atoms with Crippen molar-refractivity contribution in [2.24, 2.45) is 0 Å². The quantitative estimate of drug-likeness (QED) is 0.767. The van der Waals surface area contributed by atoms with E-state index in [0.29, 0.717) is 0 Å². The normalized spacial score (nSPS) is 14.4. The molecular weight excluding hydrogens is 192 g/mol. The third-order valence-corrected chi connectivity index (χ3v) is 3.68. The second kappa shape index (κ2) is 4.85. The third kappa shape index (κ3) is 2.31. The van der Waals surface area contributed by atoms with E-state index in [2.05, 4.69) is 18.2 Å². The summed E-state index contributed by atoms with van der Waals surface area (Å²) in [4.78, 5) is 0. The summed E-state index contributed by atoms with van der Waals surface area (Å²) >= 11 is 1.80. The lowest BCUT2D eigenvalue weighted by atomic mass is 10.1. The monoisotopic (exact) mass is 208 g/mol. The molecule has 1 aliphatic rings. The average molecular weight is 208 g/mol.